The number of ether oxygens (including phenoxy) is 1. The number of hydrogen-bond acceptors (Lipinski definition) is 2. The first-order chi connectivity index (χ1) is 13.4. The van der Waals surface area contributed by atoms with E-state index in [1.165, 1.54) is 27.7 Å². The molecule has 0 radical (unpaired) electrons. The molecule has 0 aliphatic rings. The van der Waals surface area contributed by atoms with Crippen LogP contribution in [0.1, 0.15) is 99.8 Å². The van der Waals surface area contributed by atoms with Gasteiger partial charge in [0.25, 0.3) is 0 Å². The lowest BCUT2D eigenvalue weighted by Crippen LogP contribution is -2.23. The smallest absolute Gasteiger partial charge is 0.162 e. The van der Waals surface area contributed by atoms with Crippen LogP contribution in [0, 0.1) is 5.92 Å². The summed E-state index contributed by atoms with van der Waals surface area (Å²) in [6.45, 7) is 28.2. The van der Waals surface area contributed by atoms with E-state index < -0.39 is 5.71 Å². The minimum atomic E-state index is -0.608. The van der Waals surface area contributed by atoms with E-state index in [4.69, 9.17) is 4.74 Å². The highest BCUT2D eigenvalue weighted by molar-refractivity contribution is 14.2. The SMILES string of the molecule is CCO/C(I)=C(\C(C)C)P(I)Nc1c(C(C)(C)C)cc(C(C)(C)C)cc1C(C)(C)C. The molecule has 0 bridgehead atoms. The molecular weight excluding hydrogens is 615 g/mol. The van der Waals surface area contributed by atoms with E-state index >= 15 is 0 Å². The van der Waals surface area contributed by atoms with Crippen LogP contribution < -0.4 is 5.09 Å². The van der Waals surface area contributed by atoms with Crippen LogP contribution in [-0.4, -0.2) is 6.61 Å². The quantitative estimate of drug-likeness (QED) is 0.187. The molecule has 1 rings (SSSR count). The minimum Gasteiger partial charge on any atom is -0.488 e. The first kappa shape index (κ1) is 28.5. The van der Waals surface area contributed by atoms with E-state index in [1.807, 2.05) is 0 Å². The molecule has 1 N–H and O–H groups in total. The lowest BCUT2D eigenvalue weighted by Gasteiger charge is -2.35. The van der Waals surface area contributed by atoms with Crippen molar-refractivity contribution in [2.45, 2.75) is 99.3 Å². The summed E-state index contributed by atoms with van der Waals surface area (Å²) in [5, 5.41) is 5.38. The lowest BCUT2D eigenvalue weighted by molar-refractivity contribution is 0.260. The Labute approximate surface area is 214 Å². The summed E-state index contributed by atoms with van der Waals surface area (Å²) >= 11 is 4.97. The molecule has 0 fully saturated rings. The number of anilines is 1. The Bertz CT molecular complexity index is 730. The molecule has 0 saturated heterocycles. The van der Waals surface area contributed by atoms with Gasteiger partial charge in [-0.05, 0) is 90.4 Å². The van der Waals surface area contributed by atoms with Crippen molar-refractivity contribution in [1.82, 2.24) is 0 Å². The zero-order valence-electron chi connectivity index (χ0n) is 21.1. The summed E-state index contributed by atoms with van der Waals surface area (Å²) in [5.74, 6) is 0.434. The van der Waals surface area contributed by atoms with E-state index in [2.05, 4.69) is 145 Å². The predicted molar refractivity (Wildman–Crippen MR) is 155 cm³/mol. The molecule has 0 amide bonds. The molecule has 0 heterocycles. The van der Waals surface area contributed by atoms with Crippen LogP contribution in [0.4, 0.5) is 5.69 Å². The van der Waals surface area contributed by atoms with Gasteiger partial charge in [-0.25, -0.2) is 0 Å². The normalized spacial score (nSPS) is 15.2. The fourth-order valence-electron chi connectivity index (χ4n) is 3.27. The number of allylic oxidation sites excluding steroid dienone is 1. The van der Waals surface area contributed by atoms with E-state index in [1.54, 1.807) is 0 Å². The number of rotatable bonds is 6. The zero-order valence-corrected chi connectivity index (χ0v) is 26.3. The van der Waals surface area contributed by atoms with Gasteiger partial charge in [-0.2, -0.15) is 0 Å². The highest BCUT2D eigenvalue weighted by atomic mass is 127. The third kappa shape index (κ3) is 7.50. The summed E-state index contributed by atoms with van der Waals surface area (Å²) in [5.41, 5.74) is 5.11. The van der Waals surface area contributed by atoms with Gasteiger partial charge in [0.15, 0.2) is 3.77 Å². The van der Waals surface area contributed by atoms with Gasteiger partial charge in [-0.15, -0.1) is 0 Å². The van der Waals surface area contributed by atoms with Gasteiger partial charge >= 0.3 is 0 Å². The summed E-state index contributed by atoms with van der Waals surface area (Å²) in [6, 6.07) is 4.87. The maximum Gasteiger partial charge on any atom is 0.162 e. The second-order valence-electron chi connectivity index (χ2n) is 11.3. The van der Waals surface area contributed by atoms with Crippen molar-refractivity contribution in [2.24, 2.45) is 5.92 Å². The summed E-state index contributed by atoms with van der Waals surface area (Å²) < 4.78 is 6.96. The Morgan fingerprint density at radius 3 is 1.67 bits per heavy atom. The second-order valence-corrected chi connectivity index (χ2v) is 16.5. The van der Waals surface area contributed by atoms with E-state index in [0.29, 0.717) is 12.5 Å². The highest BCUT2D eigenvalue weighted by Gasteiger charge is 2.31. The highest BCUT2D eigenvalue weighted by Crippen LogP contribution is 2.59. The topological polar surface area (TPSA) is 21.3 Å². The molecule has 2 nitrogen and oxygen atoms in total. The molecule has 0 aromatic heterocycles. The molecule has 0 saturated carbocycles. The number of hydrogen-bond donors (Lipinski definition) is 1. The summed E-state index contributed by atoms with van der Waals surface area (Å²) in [4.78, 5) is 0. The molecule has 0 aliphatic heterocycles. The van der Waals surface area contributed by atoms with Gasteiger partial charge in [-0.3, -0.25) is 0 Å². The van der Waals surface area contributed by atoms with Crippen LogP contribution in [0.25, 0.3) is 0 Å². The molecule has 5 heteroatoms. The second kappa shape index (κ2) is 10.6. The fraction of sp³-hybridized carbons (Fsp3) is 0.680. The molecule has 1 aromatic carbocycles. The van der Waals surface area contributed by atoms with Crippen LogP contribution in [0.2, 0.25) is 0 Å². The molecular formula is C25H42I2NOP. The van der Waals surface area contributed by atoms with Crippen molar-refractivity contribution in [3.8, 4) is 0 Å². The van der Waals surface area contributed by atoms with E-state index in [0.717, 1.165) is 3.77 Å². The van der Waals surface area contributed by atoms with Gasteiger partial charge in [0.2, 0.25) is 0 Å². The third-order valence-corrected chi connectivity index (χ3v) is 10.2. The molecule has 0 aliphatic carbocycles. The fourth-order valence-corrected chi connectivity index (χ4v) is 10.6. The van der Waals surface area contributed by atoms with Gasteiger partial charge in [0, 0.05) is 11.0 Å². The van der Waals surface area contributed by atoms with Crippen molar-refractivity contribution >= 4 is 56.0 Å². The van der Waals surface area contributed by atoms with Crippen molar-refractivity contribution in [3.05, 3.63) is 37.9 Å². The molecule has 1 unspecified atom stereocenters. The Hall–Kier alpha value is 0.450. The maximum absolute atomic E-state index is 5.92. The Morgan fingerprint density at radius 2 is 1.37 bits per heavy atom. The number of nitrogens with one attached hydrogen (secondary N) is 1. The van der Waals surface area contributed by atoms with Crippen molar-refractivity contribution < 1.29 is 4.74 Å². The van der Waals surface area contributed by atoms with Crippen molar-refractivity contribution in [3.63, 3.8) is 0 Å². The molecule has 30 heavy (non-hydrogen) atoms. The average molecular weight is 657 g/mol. The van der Waals surface area contributed by atoms with Crippen LogP contribution >= 0.6 is 50.3 Å². The van der Waals surface area contributed by atoms with Crippen LogP contribution in [-0.2, 0) is 21.0 Å². The monoisotopic (exact) mass is 657 g/mol. The predicted octanol–water partition coefficient (Wildman–Crippen LogP) is 10.0. The lowest BCUT2D eigenvalue weighted by atomic mass is 9.74. The van der Waals surface area contributed by atoms with E-state index in [-0.39, 0.29) is 16.2 Å². The largest absolute Gasteiger partial charge is 0.488 e. The Morgan fingerprint density at radius 1 is 0.933 bits per heavy atom. The summed E-state index contributed by atoms with van der Waals surface area (Å²) in [6.07, 6.45) is 0. The van der Waals surface area contributed by atoms with Crippen LogP contribution in [0.15, 0.2) is 21.2 Å². The Balaban J connectivity index is 3.77. The first-order valence-corrected chi connectivity index (χ1v) is 16.1. The van der Waals surface area contributed by atoms with Gasteiger partial charge in [0.05, 0.1) is 12.3 Å². The van der Waals surface area contributed by atoms with Crippen molar-refractivity contribution in [1.29, 1.82) is 0 Å². The molecule has 1 atom stereocenters. The zero-order chi connectivity index (χ0) is 23.7. The number of benzene rings is 1. The average Bonchev–Trinajstić information content (AvgIpc) is 2.51. The van der Waals surface area contributed by atoms with Gasteiger partial charge < -0.3 is 9.82 Å². The van der Waals surface area contributed by atoms with E-state index in [9.17, 15) is 0 Å². The number of halogens is 2. The first-order valence-electron chi connectivity index (χ1n) is 10.9. The van der Waals surface area contributed by atoms with Crippen LogP contribution in [0.5, 0.6) is 0 Å². The standard InChI is InChI=1S/C25H42I2NOP/c1-13-29-22(26)21(16(2)3)30(27)28-20-18(24(7,8)9)14-17(23(4,5)6)15-19(20)25(10,11)12/h14-16,28H,13H2,1-12H3/b22-21+. The van der Waals surface area contributed by atoms with Crippen LogP contribution in [0.3, 0.4) is 0 Å². The van der Waals surface area contributed by atoms with Gasteiger partial charge in [-0.1, -0.05) is 88.3 Å². The third-order valence-electron chi connectivity index (χ3n) is 5.06. The summed E-state index contributed by atoms with van der Waals surface area (Å²) in [7, 11) is 0. The minimum absolute atomic E-state index is 0.0468. The van der Waals surface area contributed by atoms with Crippen molar-refractivity contribution in [2.75, 3.05) is 11.7 Å². The molecule has 172 valence electrons. The Kier molecular flexibility index (Phi) is 10.1. The molecule has 1 aromatic rings. The molecule has 0 spiro atoms. The van der Waals surface area contributed by atoms with Gasteiger partial charge in [0.1, 0.15) is 0 Å². The maximum atomic E-state index is 5.92.